The minimum Gasteiger partial charge on any atom is -0.468 e. The topological polar surface area (TPSA) is 39.2 Å². The zero-order valence-corrected chi connectivity index (χ0v) is 12.2. The smallest absolute Gasteiger partial charge is 0.317 e. The van der Waals surface area contributed by atoms with Crippen LogP contribution in [0.2, 0.25) is 0 Å². The van der Waals surface area contributed by atoms with E-state index in [4.69, 9.17) is 4.74 Å². The van der Waals surface area contributed by atoms with Gasteiger partial charge in [-0.25, -0.2) is 4.98 Å². The number of thiazole rings is 1. The molecule has 0 spiro atoms. The Morgan fingerprint density at radius 3 is 2.63 bits per heavy atom. The standard InChI is InChI=1S/C15H17NO2S/c1-15(2,14(17)18-3)12-10-19-13(16-12)9-11-7-5-4-6-8-11/h4-8,10H,9H2,1-3H3. The molecular formula is C15H17NO2S. The maximum absolute atomic E-state index is 11.7. The fourth-order valence-electron chi connectivity index (χ4n) is 1.81. The van der Waals surface area contributed by atoms with Gasteiger partial charge in [0.15, 0.2) is 0 Å². The maximum atomic E-state index is 11.7. The molecule has 100 valence electrons. The van der Waals surface area contributed by atoms with E-state index in [-0.39, 0.29) is 5.97 Å². The van der Waals surface area contributed by atoms with Crippen LogP contribution in [0.15, 0.2) is 35.7 Å². The minimum atomic E-state index is -0.694. The third kappa shape index (κ3) is 3.01. The average molecular weight is 275 g/mol. The number of nitrogens with zero attached hydrogens (tertiary/aromatic N) is 1. The normalized spacial score (nSPS) is 11.3. The molecule has 0 amide bonds. The minimum absolute atomic E-state index is 0.260. The molecule has 1 aromatic carbocycles. The summed E-state index contributed by atoms with van der Waals surface area (Å²) < 4.78 is 4.82. The van der Waals surface area contributed by atoms with Gasteiger partial charge in [0, 0.05) is 11.8 Å². The maximum Gasteiger partial charge on any atom is 0.317 e. The lowest BCUT2D eigenvalue weighted by Gasteiger charge is -2.18. The predicted octanol–water partition coefficient (Wildman–Crippen LogP) is 3.18. The molecule has 19 heavy (non-hydrogen) atoms. The molecule has 0 unspecified atom stereocenters. The number of hydrogen-bond acceptors (Lipinski definition) is 4. The number of rotatable bonds is 4. The highest BCUT2D eigenvalue weighted by Gasteiger charge is 2.33. The summed E-state index contributed by atoms with van der Waals surface area (Å²) in [4.78, 5) is 16.3. The van der Waals surface area contributed by atoms with Crippen molar-refractivity contribution in [1.82, 2.24) is 4.98 Å². The number of benzene rings is 1. The first-order chi connectivity index (χ1) is 9.04. The highest BCUT2D eigenvalue weighted by molar-refractivity contribution is 7.09. The molecule has 4 heteroatoms. The van der Waals surface area contributed by atoms with Crippen molar-refractivity contribution in [3.63, 3.8) is 0 Å². The summed E-state index contributed by atoms with van der Waals surface area (Å²) >= 11 is 1.58. The number of aromatic nitrogens is 1. The highest BCUT2D eigenvalue weighted by Crippen LogP contribution is 2.27. The third-order valence-electron chi connectivity index (χ3n) is 3.09. The van der Waals surface area contributed by atoms with E-state index in [1.165, 1.54) is 12.7 Å². The fraction of sp³-hybridized carbons (Fsp3) is 0.333. The van der Waals surface area contributed by atoms with Gasteiger partial charge in [-0.15, -0.1) is 11.3 Å². The summed E-state index contributed by atoms with van der Waals surface area (Å²) in [7, 11) is 1.40. The molecule has 2 aromatic rings. The van der Waals surface area contributed by atoms with Gasteiger partial charge in [0.05, 0.1) is 17.8 Å². The zero-order chi connectivity index (χ0) is 13.9. The lowest BCUT2D eigenvalue weighted by molar-refractivity contribution is -0.146. The molecule has 0 aliphatic rings. The molecule has 0 bridgehead atoms. The molecule has 0 aliphatic carbocycles. The van der Waals surface area contributed by atoms with Crippen LogP contribution < -0.4 is 0 Å². The Morgan fingerprint density at radius 1 is 1.32 bits per heavy atom. The summed E-state index contributed by atoms with van der Waals surface area (Å²) in [5.41, 5.74) is 1.30. The summed E-state index contributed by atoms with van der Waals surface area (Å²) in [5, 5.41) is 2.95. The summed E-state index contributed by atoms with van der Waals surface area (Å²) in [6.07, 6.45) is 0.794. The number of carbonyl (C=O) groups is 1. The molecule has 0 aliphatic heterocycles. The van der Waals surface area contributed by atoms with Gasteiger partial charge < -0.3 is 4.74 Å². The molecule has 0 saturated heterocycles. The van der Waals surface area contributed by atoms with Crippen LogP contribution in [0.5, 0.6) is 0 Å². The molecule has 0 N–H and O–H groups in total. The Kier molecular flexibility index (Phi) is 4.00. The van der Waals surface area contributed by atoms with Gasteiger partial charge in [-0.2, -0.15) is 0 Å². The van der Waals surface area contributed by atoms with E-state index >= 15 is 0 Å². The quantitative estimate of drug-likeness (QED) is 0.804. The van der Waals surface area contributed by atoms with E-state index in [9.17, 15) is 4.79 Å². The van der Waals surface area contributed by atoms with Crippen LogP contribution in [0.1, 0.15) is 30.1 Å². The molecule has 1 heterocycles. The van der Waals surface area contributed by atoms with Crippen LogP contribution in [-0.4, -0.2) is 18.1 Å². The predicted molar refractivity (Wildman–Crippen MR) is 76.4 cm³/mol. The molecular weight excluding hydrogens is 258 g/mol. The zero-order valence-electron chi connectivity index (χ0n) is 11.3. The molecule has 1 aromatic heterocycles. The number of esters is 1. The van der Waals surface area contributed by atoms with Gasteiger partial charge in [-0.1, -0.05) is 30.3 Å². The SMILES string of the molecule is COC(=O)C(C)(C)c1csc(Cc2ccccc2)n1. The molecule has 2 rings (SSSR count). The van der Waals surface area contributed by atoms with Gasteiger partial charge in [0.1, 0.15) is 5.41 Å². The van der Waals surface area contributed by atoms with Crippen molar-refractivity contribution in [3.8, 4) is 0 Å². The first-order valence-corrected chi connectivity index (χ1v) is 6.99. The van der Waals surface area contributed by atoms with Gasteiger partial charge >= 0.3 is 5.97 Å². The van der Waals surface area contributed by atoms with Gasteiger partial charge in [0.25, 0.3) is 0 Å². The van der Waals surface area contributed by atoms with E-state index < -0.39 is 5.41 Å². The Labute approximate surface area is 117 Å². The number of ether oxygens (including phenoxy) is 1. The van der Waals surface area contributed by atoms with Gasteiger partial charge in [-0.05, 0) is 19.4 Å². The lowest BCUT2D eigenvalue weighted by Crippen LogP contribution is -2.30. The second-order valence-corrected chi connectivity index (χ2v) is 5.85. The van der Waals surface area contributed by atoms with Crippen LogP contribution in [0, 0.1) is 0 Å². The Morgan fingerprint density at radius 2 is 2.00 bits per heavy atom. The Hall–Kier alpha value is -1.68. The van der Waals surface area contributed by atoms with Crippen LogP contribution in [0.25, 0.3) is 0 Å². The van der Waals surface area contributed by atoms with E-state index in [2.05, 4.69) is 17.1 Å². The lowest BCUT2D eigenvalue weighted by atomic mass is 9.90. The molecule has 0 radical (unpaired) electrons. The van der Waals surface area contributed by atoms with Crippen LogP contribution in [0.4, 0.5) is 0 Å². The summed E-state index contributed by atoms with van der Waals surface area (Å²) in [6, 6.07) is 10.2. The van der Waals surface area contributed by atoms with E-state index in [1.54, 1.807) is 11.3 Å². The Balaban J connectivity index is 2.18. The van der Waals surface area contributed by atoms with Crippen molar-refractivity contribution in [2.75, 3.05) is 7.11 Å². The van der Waals surface area contributed by atoms with Crippen molar-refractivity contribution < 1.29 is 9.53 Å². The van der Waals surface area contributed by atoms with Crippen LogP contribution >= 0.6 is 11.3 Å². The van der Waals surface area contributed by atoms with Crippen molar-refractivity contribution in [2.45, 2.75) is 25.7 Å². The average Bonchev–Trinajstić information content (AvgIpc) is 2.88. The Bertz CT molecular complexity index is 561. The van der Waals surface area contributed by atoms with Crippen molar-refractivity contribution in [1.29, 1.82) is 0 Å². The largest absolute Gasteiger partial charge is 0.468 e. The van der Waals surface area contributed by atoms with Crippen LogP contribution in [0.3, 0.4) is 0 Å². The molecule has 0 fully saturated rings. The first-order valence-electron chi connectivity index (χ1n) is 6.11. The van der Waals surface area contributed by atoms with E-state index in [0.29, 0.717) is 0 Å². The fourth-order valence-corrected chi connectivity index (χ4v) is 2.81. The second-order valence-electron chi connectivity index (χ2n) is 4.91. The summed E-state index contributed by atoms with van der Waals surface area (Å²) in [6.45, 7) is 3.67. The van der Waals surface area contributed by atoms with Crippen molar-refractivity contribution in [2.24, 2.45) is 0 Å². The van der Waals surface area contributed by atoms with E-state index in [1.807, 2.05) is 37.4 Å². The van der Waals surface area contributed by atoms with E-state index in [0.717, 1.165) is 17.1 Å². The van der Waals surface area contributed by atoms with Crippen molar-refractivity contribution >= 4 is 17.3 Å². The van der Waals surface area contributed by atoms with Gasteiger partial charge in [-0.3, -0.25) is 4.79 Å². The van der Waals surface area contributed by atoms with Gasteiger partial charge in [0.2, 0.25) is 0 Å². The third-order valence-corrected chi connectivity index (χ3v) is 3.93. The molecule has 3 nitrogen and oxygen atoms in total. The second kappa shape index (κ2) is 5.53. The highest BCUT2D eigenvalue weighted by atomic mass is 32.1. The number of methoxy groups -OCH3 is 1. The van der Waals surface area contributed by atoms with Crippen molar-refractivity contribution in [3.05, 3.63) is 52.0 Å². The summed E-state index contributed by atoms with van der Waals surface area (Å²) in [5.74, 6) is -0.260. The first kappa shape index (κ1) is 13.7. The monoisotopic (exact) mass is 275 g/mol. The number of hydrogen-bond donors (Lipinski definition) is 0. The molecule has 0 atom stereocenters. The molecule has 0 saturated carbocycles. The van der Waals surface area contributed by atoms with Crippen LogP contribution in [-0.2, 0) is 21.4 Å². The number of carbonyl (C=O) groups excluding carboxylic acids is 1.